The maximum atomic E-state index is 12.8. The number of aromatic amines is 1. The van der Waals surface area contributed by atoms with Crippen LogP contribution in [0.4, 0.5) is 5.69 Å². The Bertz CT molecular complexity index is 803. The zero-order valence-electron chi connectivity index (χ0n) is 13.7. The molecule has 0 aromatic carbocycles. The Hall–Kier alpha value is -1.67. The summed E-state index contributed by atoms with van der Waals surface area (Å²) in [6.45, 7) is 5.97. The first kappa shape index (κ1) is 16.2. The molecule has 0 radical (unpaired) electrons. The monoisotopic (exact) mass is 337 g/mol. The van der Waals surface area contributed by atoms with Gasteiger partial charge in [-0.15, -0.1) is 0 Å². The fourth-order valence-electron chi connectivity index (χ4n) is 2.88. The van der Waals surface area contributed by atoms with E-state index in [1.165, 1.54) is 0 Å². The van der Waals surface area contributed by atoms with Crippen molar-refractivity contribution in [1.29, 1.82) is 0 Å². The van der Waals surface area contributed by atoms with Crippen LogP contribution >= 0.6 is 0 Å². The SMILES string of the molecule is CC(C)(C)NS(=O)(=O)C1(CNc2ccnc3[nH]ncc23)CCC1. The summed E-state index contributed by atoms with van der Waals surface area (Å²) in [4.78, 5) is 4.19. The maximum Gasteiger partial charge on any atom is 0.219 e. The second-order valence-corrected chi connectivity index (χ2v) is 9.31. The van der Waals surface area contributed by atoms with Crippen LogP contribution in [0.3, 0.4) is 0 Å². The Morgan fingerprint density at radius 3 is 2.70 bits per heavy atom. The number of nitrogens with zero attached hydrogens (tertiary/aromatic N) is 2. The molecule has 0 spiro atoms. The highest BCUT2D eigenvalue weighted by Gasteiger charge is 2.49. The zero-order chi connectivity index (χ0) is 16.7. The van der Waals surface area contributed by atoms with Gasteiger partial charge < -0.3 is 5.32 Å². The van der Waals surface area contributed by atoms with Crippen LogP contribution in [0.5, 0.6) is 0 Å². The molecule has 0 bridgehead atoms. The first-order chi connectivity index (χ1) is 10.7. The Labute approximate surface area is 136 Å². The molecule has 7 nitrogen and oxygen atoms in total. The van der Waals surface area contributed by atoms with Crippen molar-refractivity contribution >= 4 is 26.7 Å². The van der Waals surface area contributed by atoms with E-state index in [9.17, 15) is 8.42 Å². The molecule has 0 unspecified atom stereocenters. The molecule has 1 saturated carbocycles. The van der Waals surface area contributed by atoms with Gasteiger partial charge in [0, 0.05) is 24.0 Å². The number of anilines is 1. The van der Waals surface area contributed by atoms with Gasteiger partial charge in [-0.05, 0) is 39.7 Å². The highest BCUT2D eigenvalue weighted by molar-refractivity contribution is 7.91. The van der Waals surface area contributed by atoms with Crippen molar-refractivity contribution in [1.82, 2.24) is 19.9 Å². The lowest BCUT2D eigenvalue weighted by molar-refractivity contribution is 0.339. The average molecular weight is 337 g/mol. The number of rotatable bonds is 5. The van der Waals surface area contributed by atoms with Crippen molar-refractivity contribution in [2.45, 2.75) is 50.3 Å². The second kappa shape index (κ2) is 5.45. The first-order valence-corrected chi connectivity index (χ1v) is 9.26. The largest absolute Gasteiger partial charge is 0.383 e. The van der Waals surface area contributed by atoms with Crippen molar-refractivity contribution in [2.24, 2.45) is 0 Å². The molecule has 0 saturated heterocycles. The van der Waals surface area contributed by atoms with Crippen LogP contribution in [0.2, 0.25) is 0 Å². The van der Waals surface area contributed by atoms with Gasteiger partial charge in [0.15, 0.2) is 5.65 Å². The summed E-state index contributed by atoms with van der Waals surface area (Å²) >= 11 is 0. The van der Waals surface area contributed by atoms with Gasteiger partial charge in [0.2, 0.25) is 10.0 Å². The minimum absolute atomic E-state index is 0.378. The van der Waals surface area contributed by atoms with E-state index in [4.69, 9.17) is 0 Å². The normalized spacial score (nSPS) is 17.9. The van der Waals surface area contributed by atoms with E-state index in [0.29, 0.717) is 25.0 Å². The average Bonchev–Trinajstić information content (AvgIpc) is 2.82. The van der Waals surface area contributed by atoms with Crippen LogP contribution in [0.25, 0.3) is 11.0 Å². The van der Waals surface area contributed by atoms with Gasteiger partial charge in [0.25, 0.3) is 0 Å². The van der Waals surface area contributed by atoms with Crippen LogP contribution in [-0.2, 0) is 10.0 Å². The molecule has 0 aliphatic heterocycles. The number of H-pyrrole nitrogens is 1. The number of aromatic nitrogens is 3. The van der Waals surface area contributed by atoms with Gasteiger partial charge in [-0.25, -0.2) is 18.1 Å². The van der Waals surface area contributed by atoms with E-state index < -0.39 is 20.3 Å². The number of hydrogen-bond donors (Lipinski definition) is 3. The van der Waals surface area contributed by atoms with Gasteiger partial charge in [0.05, 0.1) is 11.6 Å². The number of hydrogen-bond acceptors (Lipinski definition) is 5. The molecular weight excluding hydrogens is 314 g/mol. The van der Waals surface area contributed by atoms with Crippen molar-refractivity contribution in [3.8, 4) is 0 Å². The first-order valence-electron chi connectivity index (χ1n) is 7.78. The molecule has 0 amide bonds. The lowest BCUT2D eigenvalue weighted by Gasteiger charge is -2.42. The van der Waals surface area contributed by atoms with Crippen molar-refractivity contribution in [3.63, 3.8) is 0 Å². The molecule has 126 valence electrons. The smallest absolute Gasteiger partial charge is 0.219 e. The summed E-state index contributed by atoms with van der Waals surface area (Å²) in [6, 6.07) is 1.84. The number of fused-ring (bicyclic) bond motifs is 1. The third-order valence-electron chi connectivity index (χ3n) is 4.23. The van der Waals surface area contributed by atoms with Gasteiger partial charge in [-0.1, -0.05) is 6.42 Å². The molecule has 2 aromatic heterocycles. The number of nitrogens with one attached hydrogen (secondary N) is 3. The molecule has 23 heavy (non-hydrogen) atoms. The van der Waals surface area contributed by atoms with E-state index in [0.717, 1.165) is 17.5 Å². The van der Waals surface area contributed by atoms with E-state index in [1.54, 1.807) is 12.4 Å². The molecule has 2 heterocycles. The third-order valence-corrected chi connectivity index (χ3v) is 6.80. The van der Waals surface area contributed by atoms with E-state index in [1.807, 2.05) is 26.8 Å². The predicted octanol–water partition coefficient (Wildman–Crippen LogP) is 2.01. The topological polar surface area (TPSA) is 99.8 Å². The predicted molar refractivity (Wildman–Crippen MR) is 90.8 cm³/mol. The van der Waals surface area contributed by atoms with E-state index in [-0.39, 0.29) is 0 Å². The fourth-order valence-corrected chi connectivity index (χ4v) is 5.00. The lowest BCUT2D eigenvalue weighted by atomic mass is 9.84. The van der Waals surface area contributed by atoms with Gasteiger partial charge in [0.1, 0.15) is 4.75 Å². The highest BCUT2D eigenvalue weighted by atomic mass is 32.2. The molecule has 1 fully saturated rings. The maximum absolute atomic E-state index is 12.8. The second-order valence-electron chi connectivity index (χ2n) is 7.24. The molecule has 8 heteroatoms. The molecular formula is C15H23N5O2S. The Balaban J connectivity index is 1.81. The van der Waals surface area contributed by atoms with Crippen molar-refractivity contribution in [3.05, 3.63) is 18.5 Å². The summed E-state index contributed by atoms with van der Waals surface area (Å²) in [7, 11) is -3.40. The molecule has 1 aliphatic rings. The Kier molecular flexibility index (Phi) is 3.84. The fraction of sp³-hybridized carbons (Fsp3) is 0.600. The summed E-state index contributed by atoms with van der Waals surface area (Å²) < 4.78 is 27.7. The highest BCUT2D eigenvalue weighted by Crippen LogP contribution is 2.40. The summed E-state index contributed by atoms with van der Waals surface area (Å²) in [5.41, 5.74) is 1.06. The summed E-state index contributed by atoms with van der Waals surface area (Å²) in [5.74, 6) is 0. The van der Waals surface area contributed by atoms with Crippen LogP contribution in [0, 0.1) is 0 Å². The molecule has 3 N–H and O–H groups in total. The van der Waals surface area contributed by atoms with Gasteiger partial charge in [-0.3, -0.25) is 5.10 Å². The molecule has 1 aliphatic carbocycles. The van der Waals surface area contributed by atoms with Gasteiger partial charge in [-0.2, -0.15) is 5.10 Å². The van der Waals surface area contributed by atoms with E-state index >= 15 is 0 Å². The quantitative estimate of drug-likeness (QED) is 0.775. The Morgan fingerprint density at radius 2 is 2.09 bits per heavy atom. The summed E-state index contributed by atoms with van der Waals surface area (Å²) in [6.07, 6.45) is 5.65. The molecule has 0 atom stereocenters. The minimum Gasteiger partial charge on any atom is -0.383 e. The molecule has 2 aromatic rings. The van der Waals surface area contributed by atoms with Crippen LogP contribution in [0.15, 0.2) is 18.5 Å². The van der Waals surface area contributed by atoms with Crippen molar-refractivity contribution in [2.75, 3.05) is 11.9 Å². The number of sulfonamides is 1. The standard InChI is InChI=1S/C15H23N5O2S/c1-14(2,3)20-23(21,22)15(6-4-7-15)10-17-12-5-8-16-13-11(12)9-18-19-13/h5,8-9,20H,4,6-7,10H2,1-3H3,(H2,16,17,18,19). The van der Waals surface area contributed by atoms with Crippen molar-refractivity contribution < 1.29 is 8.42 Å². The van der Waals surface area contributed by atoms with Crippen LogP contribution in [-0.4, -0.2) is 40.4 Å². The zero-order valence-corrected chi connectivity index (χ0v) is 14.5. The Morgan fingerprint density at radius 1 is 1.35 bits per heavy atom. The van der Waals surface area contributed by atoms with Crippen LogP contribution in [0.1, 0.15) is 40.0 Å². The summed E-state index contributed by atoms with van der Waals surface area (Å²) in [5, 5.41) is 10.9. The van der Waals surface area contributed by atoms with Gasteiger partial charge >= 0.3 is 0 Å². The third kappa shape index (κ3) is 3.05. The van der Waals surface area contributed by atoms with E-state index in [2.05, 4.69) is 25.2 Å². The van der Waals surface area contributed by atoms with Crippen LogP contribution < -0.4 is 10.0 Å². The number of pyridine rings is 1. The lowest BCUT2D eigenvalue weighted by Crippen LogP contribution is -2.58. The molecule has 3 rings (SSSR count). The minimum atomic E-state index is -3.40.